The molecule has 0 aromatic heterocycles. The molecule has 1 heterocycles. The van der Waals surface area contributed by atoms with Gasteiger partial charge in [0.2, 0.25) is 5.91 Å². The fourth-order valence-corrected chi connectivity index (χ4v) is 2.75. The fraction of sp³-hybridized carbons (Fsp3) is 0.526. The minimum atomic E-state index is -0.833. The second-order valence-electron chi connectivity index (χ2n) is 6.15. The summed E-state index contributed by atoms with van der Waals surface area (Å²) in [5, 5.41) is 10.2. The molecule has 4 N–H and O–H groups in total. The quantitative estimate of drug-likeness (QED) is 0.620. The Bertz CT molecular complexity index is 676. The topological polar surface area (TPSA) is 131 Å². The van der Waals surface area contributed by atoms with Crippen LogP contribution in [0.2, 0.25) is 0 Å². The minimum absolute atomic E-state index is 0.0101. The third-order valence-electron chi connectivity index (χ3n) is 3.98. The van der Waals surface area contributed by atoms with E-state index < -0.39 is 5.97 Å². The number of nitrogens with two attached hydrogens (primary N) is 1. The van der Waals surface area contributed by atoms with Crippen LogP contribution in [0.4, 0.5) is 0 Å². The summed E-state index contributed by atoms with van der Waals surface area (Å²) in [6, 6.07) is 5.07. The lowest BCUT2D eigenvalue weighted by molar-refractivity contribution is -0.134. The van der Waals surface area contributed by atoms with Crippen molar-refractivity contribution in [3.8, 4) is 11.5 Å². The van der Waals surface area contributed by atoms with Gasteiger partial charge in [-0.1, -0.05) is 0 Å². The molecule has 0 spiro atoms. The molecule has 1 fully saturated rings. The Morgan fingerprint density at radius 1 is 1.32 bits per heavy atom. The van der Waals surface area contributed by atoms with Gasteiger partial charge < -0.3 is 30.5 Å². The Balaban J connectivity index is 0.000000892. The first-order chi connectivity index (χ1) is 13.3. The Hall–Kier alpha value is -2.81. The molecule has 1 atom stereocenters. The number of aliphatic carboxylic acids is 1. The molecule has 1 aromatic rings. The third-order valence-corrected chi connectivity index (χ3v) is 3.98. The number of nitrogens with one attached hydrogen (secondary N) is 1. The van der Waals surface area contributed by atoms with E-state index in [0.717, 1.165) is 6.92 Å². The Labute approximate surface area is 164 Å². The zero-order chi connectivity index (χ0) is 21.1. The number of nitrogens with zero attached hydrogens (tertiary/aromatic N) is 1. The number of likely N-dealkylation sites (tertiary alicyclic amines) is 1. The van der Waals surface area contributed by atoms with Crippen LogP contribution in [0, 0.1) is 5.92 Å². The van der Waals surface area contributed by atoms with Crippen molar-refractivity contribution in [2.75, 3.05) is 39.9 Å². The highest BCUT2D eigenvalue weighted by Gasteiger charge is 2.31. The zero-order valence-electron chi connectivity index (χ0n) is 16.6. The van der Waals surface area contributed by atoms with Crippen molar-refractivity contribution in [2.24, 2.45) is 11.7 Å². The molecule has 0 bridgehead atoms. The molecule has 1 unspecified atom stereocenters. The number of carbonyl (C=O) groups is 3. The van der Waals surface area contributed by atoms with Crippen LogP contribution in [0.5, 0.6) is 11.5 Å². The van der Waals surface area contributed by atoms with Crippen LogP contribution in [0.25, 0.3) is 0 Å². The number of rotatable bonds is 7. The predicted molar refractivity (Wildman–Crippen MR) is 104 cm³/mol. The maximum absolute atomic E-state index is 12.6. The number of carbonyl (C=O) groups excluding carboxylic acids is 2. The van der Waals surface area contributed by atoms with Gasteiger partial charge >= 0.3 is 0 Å². The third kappa shape index (κ3) is 7.07. The summed E-state index contributed by atoms with van der Waals surface area (Å²) in [5.41, 5.74) is 5.95. The van der Waals surface area contributed by atoms with Crippen LogP contribution < -0.4 is 20.5 Å². The first kappa shape index (κ1) is 23.2. The molecule has 0 saturated carbocycles. The SMILES string of the molecule is CC(=O)O.CCNC(=O)C1CCN(C(=O)c2ccc(OCCN)c(OC)c2)C1. The second kappa shape index (κ2) is 11.8. The molecule has 1 aliphatic heterocycles. The van der Waals surface area contributed by atoms with Crippen LogP contribution in [0.3, 0.4) is 0 Å². The maximum atomic E-state index is 12.6. The number of methoxy groups -OCH3 is 1. The molecule has 1 saturated heterocycles. The van der Waals surface area contributed by atoms with E-state index in [4.69, 9.17) is 25.1 Å². The van der Waals surface area contributed by atoms with Gasteiger partial charge in [0.15, 0.2) is 11.5 Å². The summed E-state index contributed by atoms with van der Waals surface area (Å²) in [5.74, 6) is -0.0146. The van der Waals surface area contributed by atoms with Gasteiger partial charge in [0.05, 0.1) is 13.0 Å². The van der Waals surface area contributed by atoms with Gasteiger partial charge in [0.1, 0.15) is 6.61 Å². The summed E-state index contributed by atoms with van der Waals surface area (Å²) in [7, 11) is 1.53. The highest BCUT2D eigenvalue weighted by Crippen LogP contribution is 2.29. The van der Waals surface area contributed by atoms with Crippen molar-refractivity contribution < 1.29 is 29.0 Å². The molecule has 2 amide bonds. The van der Waals surface area contributed by atoms with Gasteiger partial charge in [-0.3, -0.25) is 14.4 Å². The van der Waals surface area contributed by atoms with Crippen molar-refractivity contribution in [3.63, 3.8) is 0 Å². The van der Waals surface area contributed by atoms with Gasteiger partial charge in [-0.25, -0.2) is 0 Å². The lowest BCUT2D eigenvalue weighted by atomic mass is 10.1. The molecule has 9 heteroatoms. The normalized spacial score (nSPS) is 15.3. The monoisotopic (exact) mass is 395 g/mol. The van der Waals surface area contributed by atoms with Crippen molar-refractivity contribution in [2.45, 2.75) is 20.3 Å². The molecule has 0 radical (unpaired) electrons. The van der Waals surface area contributed by atoms with Crippen LogP contribution in [-0.4, -0.2) is 67.7 Å². The maximum Gasteiger partial charge on any atom is 0.300 e. The molecule has 0 aliphatic carbocycles. The second-order valence-corrected chi connectivity index (χ2v) is 6.15. The minimum Gasteiger partial charge on any atom is -0.493 e. The van der Waals surface area contributed by atoms with E-state index in [9.17, 15) is 9.59 Å². The standard InChI is InChI=1S/C17H25N3O4.C2H4O2/c1-3-19-16(21)13-6-8-20(11-13)17(22)12-4-5-14(24-9-7-18)15(10-12)23-2;1-2(3)4/h4-5,10,13H,3,6-9,11,18H2,1-2H3,(H,19,21);1H3,(H,3,4). The average Bonchev–Trinajstić information content (AvgIpc) is 3.15. The number of hydrogen-bond acceptors (Lipinski definition) is 6. The highest BCUT2D eigenvalue weighted by molar-refractivity contribution is 5.95. The van der Waals surface area contributed by atoms with E-state index in [-0.39, 0.29) is 17.7 Å². The summed E-state index contributed by atoms with van der Waals surface area (Å²) < 4.78 is 10.8. The number of amides is 2. The number of carboxylic acid groups (broad SMARTS) is 1. The van der Waals surface area contributed by atoms with Crippen molar-refractivity contribution in [1.82, 2.24) is 10.2 Å². The van der Waals surface area contributed by atoms with Gasteiger partial charge in [-0.2, -0.15) is 0 Å². The number of benzene rings is 1. The molecule has 2 rings (SSSR count). The molecule has 1 aromatic carbocycles. The van der Waals surface area contributed by atoms with Crippen molar-refractivity contribution in [3.05, 3.63) is 23.8 Å². The van der Waals surface area contributed by atoms with E-state index in [1.54, 1.807) is 23.1 Å². The van der Waals surface area contributed by atoms with E-state index in [1.807, 2.05) is 6.92 Å². The van der Waals surface area contributed by atoms with Gasteiger partial charge in [0, 0.05) is 38.7 Å². The fourth-order valence-electron chi connectivity index (χ4n) is 2.75. The van der Waals surface area contributed by atoms with Crippen LogP contribution in [-0.2, 0) is 9.59 Å². The number of hydrogen-bond donors (Lipinski definition) is 3. The van der Waals surface area contributed by atoms with E-state index in [1.165, 1.54) is 7.11 Å². The van der Waals surface area contributed by atoms with Crippen LogP contribution in [0.1, 0.15) is 30.6 Å². The first-order valence-electron chi connectivity index (χ1n) is 9.11. The molecule has 9 nitrogen and oxygen atoms in total. The summed E-state index contributed by atoms with van der Waals surface area (Å²) >= 11 is 0. The van der Waals surface area contributed by atoms with E-state index >= 15 is 0 Å². The average molecular weight is 395 g/mol. The van der Waals surface area contributed by atoms with Crippen molar-refractivity contribution in [1.29, 1.82) is 0 Å². The molecular weight excluding hydrogens is 366 g/mol. The van der Waals surface area contributed by atoms with Gasteiger partial charge in [-0.05, 0) is 31.5 Å². The Morgan fingerprint density at radius 3 is 2.57 bits per heavy atom. The van der Waals surface area contributed by atoms with Crippen molar-refractivity contribution >= 4 is 17.8 Å². The molecule has 28 heavy (non-hydrogen) atoms. The number of ether oxygens (including phenoxy) is 2. The smallest absolute Gasteiger partial charge is 0.300 e. The largest absolute Gasteiger partial charge is 0.493 e. The molecule has 1 aliphatic rings. The predicted octanol–water partition coefficient (Wildman–Crippen LogP) is 0.722. The van der Waals surface area contributed by atoms with E-state index in [0.29, 0.717) is 56.3 Å². The van der Waals surface area contributed by atoms with Crippen LogP contribution in [0.15, 0.2) is 18.2 Å². The highest BCUT2D eigenvalue weighted by atomic mass is 16.5. The first-order valence-corrected chi connectivity index (χ1v) is 9.11. The number of carboxylic acids is 1. The summed E-state index contributed by atoms with van der Waals surface area (Å²) in [6.45, 7) is 5.37. The van der Waals surface area contributed by atoms with Crippen LogP contribution >= 0.6 is 0 Å². The zero-order valence-corrected chi connectivity index (χ0v) is 16.6. The van der Waals surface area contributed by atoms with Gasteiger partial charge in [-0.15, -0.1) is 0 Å². The lowest BCUT2D eigenvalue weighted by Crippen LogP contribution is -2.34. The van der Waals surface area contributed by atoms with Gasteiger partial charge in [0.25, 0.3) is 11.9 Å². The summed E-state index contributed by atoms with van der Waals surface area (Å²) in [6.07, 6.45) is 0.687. The lowest BCUT2D eigenvalue weighted by Gasteiger charge is -2.18. The Kier molecular flexibility index (Phi) is 9.80. The Morgan fingerprint density at radius 2 is 2.00 bits per heavy atom. The molecule has 156 valence electrons. The van der Waals surface area contributed by atoms with E-state index in [2.05, 4.69) is 5.32 Å². The summed E-state index contributed by atoms with van der Waals surface area (Å²) in [4.78, 5) is 35.2. The molecular formula is C19H29N3O6.